The summed E-state index contributed by atoms with van der Waals surface area (Å²) in [7, 11) is 2.19. The van der Waals surface area contributed by atoms with Crippen molar-refractivity contribution in [1.29, 1.82) is 0 Å². The molecule has 2 aliphatic rings. The average molecular weight is 899 g/mol. The summed E-state index contributed by atoms with van der Waals surface area (Å²) in [5, 5.41) is 3.71. The molecule has 12 aromatic rings. The maximum atomic E-state index is 2.51. The number of para-hydroxylation sites is 6. The van der Waals surface area contributed by atoms with Gasteiger partial charge in [0.05, 0.1) is 28.1 Å². The van der Waals surface area contributed by atoms with Gasteiger partial charge in [-0.2, -0.15) is 0 Å². The van der Waals surface area contributed by atoms with Crippen molar-refractivity contribution >= 4 is 107 Å². The van der Waals surface area contributed by atoms with Crippen LogP contribution in [0.2, 0.25) is 0 Å². The highest BCUT2D eigenvalue weighted by Crippen LogP contribution is 2.47. The lowest BCUT2D eigenvalue weighted by Gasteiger charge is -2.36. The number of aromatic nitrogens is 3. The third kappa shape index (κ3) is 5.88. The standard InChI is InChI=1S/C63H47BN6/c1-42-40-66-56-38-50(70(49-30-17-8-18-31-49)58-37-44-21-19-20-32-53(44)65(58)3)39-57-61(56)64(51-33-35-54(59(42)62(51)66)68(45-22-9-4-10-23-45)46-24-11-5-12-25-46)52-34-36-55(60-43(2)41-67(57)63(52)60)69(47-26-13-6-14-27-47)48-28-15-7-16-29-48/h4-41H,1-3H3. The zero-order valence-corrected chi connectivity index (χ0v) is 39.2. The van der Waals surface area contributed by atoms with Gasteiger partial charge >= 0.3 is 0 Å². The van der Waals surface area contributed by atoms with E-state index >= 15 is 0 Å². The van der Waals surface area contributed by atoms with Gasteiger partial charge in [-0.05, 0) is 138 Å². The van der Waals surface area contributed by atoms with Crippen molar-refractivity contribution in [2.24, 2.45) is 7.05 Å². The number of hydrogen-bond acceptors (Lipinski definition) is 3. The van der Waals surface area contributed by atoms with Crippen molar-refractivity contribution in [3.63, 3.8) is 0 Å². The predicted molar refractivity (Wildman–Crippen MR) is 295 cm³/mol. The molecule has 9 aromatic carbocycles. The molecule has 5 heterocycles. The minimum Gasteiger partial charge on any atom is -0.330 e. The Morgan fingerprint density at radius 2 is 0.771 bits per heavy atom. The van der Waals surface area contributed by atoms with Gasteiger partial charge in [0.15, 0.2) is 0 Å². The van der Waals surface area contributed by atoms with Crippen LogP contribution in [0.25, 0.3) is 44.1 Å². The van der Waals surface area contributed by atoms with Gasteiger partial charge < -0.3 is 23.5 Å². The number of hydrogen-bond donors (Lipinski definition) is 0. The quantitative estimate of drug-likeness (QED) is 0.135. The van der Waals surface area contributed by atoms with E-state index in [1.807, 2.05) is 0 Å². The fraction of sp³-hybridized carbons (Fsp3) is 0.0476. The second-order valence-corrected chi connectivity index (χ2v) is 18.8. The van der Waals surface area contributed by atoms with Gasteiger partial charge in [0.2, 0.25) is 0 Å². The van der Waals surface area contributed by atoms with Crippen molar-refractivity contribution in [3.05, 3.63) is 242 Å². The molecule has 3 aromatic heterocycles. The molecule has 0 aliphatic carbocycles. The highest BCUT2D eigenvalue weighted by atomic mass is 15.2. The SMILES string of the molecule is Cc1cn2c3c(ccc(N(c4ccccc4)c4ccccc4)c13)B1c3c-2cc(N(c2ccccc2)c2cc4ccccc4n2C)cc3-n2cc(C)c3c(N(c4ccccc4)c4ccccc4)ccc1c32. The molecule has 0 bridgehead atoms. The van der Waals surface area contributed by atoms with Gasteiger partial charge in [-0.15, -0.1) is 0 Å². The molecule has 0 unspecified atom stereocenters. The minimum absolute atomic E-state index is 0.0395. The molecule has 332 valence electrons. The summed E-state index contributed by atoms with van der Waals surface area (Å²) in [6.07, 6.45) is 4.77. The molecule has 70 heavy (non-hydrogen) atoms. The maximum absolute atomic E-state index is 2.51. The van der Waals surface area contributed by atoms with Crippen molar-refractivity contribution in [2.45, 2.75) is 13.8 Å². The van der Waals surface area contributed by atoms with Gasteiger partial charge in [0.1, 0.15) is 5.82 Å². The van der Waals surface area contributed by atoms with Crippen LogP contribution in [0.15, 0.2) is 231 Å². The molecule has 0 spiro atoms. The predicted octanol–water partition coefficient (Wildman–Crippen LogP) is 14.2. The fourth-order valence-electron chi connectivity index (χ4n) is 11.9. The maximum Gasteiger partial charge on any atom is 0.252 e. The zero-order valence-electron chi connectivity index (χ0n) is 39.2. The smallest absolute Gasteiger partial charge is 0.252 e. The van der Waals surface area contributed by atoms with Crippen molar-refractivity contribution in [1.82, 2.24) is 13.7 Å². The Kier molecular flexibility index (Phi) is 8.92. The van der Waals surface area contributed by atoms with Crippen molar-refractivity contribution in [2.75, 3.05) is 14.7 Å². The molecule has 2 aliphatic heterocycles. The van der Waals surface area contributed by atoms with E-state index in [0.29, 0.717) is 0 Å². The first-order valence-electron chi connectivity index (χ1n) is 24.2. The van der Waals surface area contributed by atoms with E-state index in [-0.39, 0.29) is 6.71 Å². The highest BCUT2D eigenvalue weighted by Gasteiger charge is 2.42. The summed E-state index contributed by atoms with van der Waals surface area (Å²) in [6, 6.07) is 79.6. The fourth-order valence-corrected chi connectivity index (χ4v) is 11.9. The van der Waals surface area contributed by atoms with Gasteiger partial charge in [0.25, 0.3) is 6.71 Å². The molecule has 0 radical (unpaired) electrons. The van der Waals surface area contributed by atoms with E-state index in [1.165, 1.54) is 71.6 Å². The summed E-state index contributed by atoms with van der Waals surface area (Å²) in [6.45, 7) is 4.54. The van der Waals surface area contributed by atoms with Crippen LogP contribution >= 0.6 is 0 Å². The Labute approximate surface area is 407 Å². The van der Waals surface area contributed by atoms with Gasteiger partial charge in [0, 0.05) is 80.9 Å². The Morgan fingerprint density at radius 3 is 1.19 bits per heavy atom. The van der Waals surface area contributed by atoms with Crippen LogP contribution < -0.4 is 31.1 Å². The zero-order chi connectivity index (χ0) is 46.6. The first-order valence-corrected chi connectivity index (χ1v) is 24.2. The van der Waals surface area contributed by atoms with E-state index in [1.54, 1.807) is 0 Å². The molecular formula is C63H47BN6. The van der Waals surface area contributed by atoms with Crippen LogP contribution in [0.5, 0.6) is 0 Å². The van der Waals surface area contributed by atoms with E-state index in [4.69, 9.17) is 0 Å². The van der Waals surface area contributed by atoms with Gasteiger partial charge in [-0.3, -0.25) is 4.90 Å². The first-order chi connectivity index (χ1) is 34.5. The lowest BCUT2D eigenvalue weighted by molar-refractivity contribution is 0.947. The molecule has 0 N–H and O–H groups in total. The summed E-state index contributed by atoms with van der Waals surface area (Å²) in [5.41, 5.74) is 21.4. The summed E-state index contributed by atoms with van der Waals surface area (Å²) >= 11 is 0. The lowest BCUT2D eigenvalue weighted by atomic mass is 9.34. The van der Waals surface area contributed by atoms with Gasteiger partial charge in [-0.1, -0.05) is 121 Å². The third-order valence-electron chi connectivity index (χ3n) is 14.8. The van der Waals surface area contributed by atoms with E-state index < -0.39 is 0 Å². The summed E-state index contributed by atoms with van der Waals surface area (Å²) in [5.74, 6) is 1.10. The van der Waals surface area contributed by atoms with Gasteiger partial charge in [-0.25, -0.2) is 0 Å². The van der Waals surface area contributed by atoms with Crippen LogP contribution in [-0.2, 0) is 7.05 Å². The number of anilines is 9. The van der Waals surface area contributed by atoms with Crippen LogP contribution in [0, 0.1) is 13.8 Å². The second kappa shape index (κ2) is 15.6. The monoisotopic (exact) mass is 898 g/mol. The molecule has 7 heteroatoms. The van der Waals surface area contributed by atoms with E-state index in [9.17, 15) is 0 Å². The largest absolute Gasteiger partial charge is 0.330 e. The summed E-state index contributed by atoms with van der Waals surface area (Å²) in [4.78, 5) is 7.30. The number of rotatable bonds is 9. The highest BCUT2D eigenvalue weighted by molar-refractivity contribution is 7.00. The Morgan fingerprint density at radius 1 is 0.386 bits per heavy atom. The van der Waals surface area contributed by atoms with Crippen LogP contribution in [-0.4, -0.2) is 20.4 Å². The minimum atomic E-state index is -0.0395. The topological polar surface area (TPSA) is 24.5 Å². The Hall–Kier alpha value is -8.94. The molecule has 14 rings (SSSR count). The van der Waals surface area contributed by atoms with E-state index in [2.05, 4.69) is 280 Å². The average Bonchev–Trinajstić information content (AvgIpc) is 4.07. The Balaban J connectivity index is 1.09. The molecule has 6 nitrogen and oxygen atoms in total. The molecule has 0 amide bonds. The van der Waals surface area contributed by atoms with Crippen LogP contribution in [0.1, 0.15) is 11.1 Å². The second-order valence-electron chi connectivity index (χ2n) is 18.8. The molecule has 0 saturated heterocycles. The lowest BCUT2D eigenvalue weighted by Crippen LogP contribution is -2.59. The third-order valence-corrected chi connectivity index (χ3v) is 14.8. The molecule has 0 fully saturated rings. The van der Waals surface area contributed by atoms with Crippen molar-refractivity contribution in [3.8, 4) is 11.4 Å². The molecular weight excluding hydrogens is 852 g/mol. The number of benzene rings is 9. The number of aryl methyl sites for hydroxylation is 3. The normalized spacial score (nSPS) is 12.2. The van der Waals surface area contributed by atoms with E-state index in [0.717, 1.165) is 51.3 Å². The van der Waals surface area contributed by atoms with Crippen LogP contribution in [0.4, 0.5) is 51.3 Å². The number of nitrogens with zero attached hydrogens (tertiary/aromatic N) is 6. The number of fused-ring (bicyclic) bond motifs is 5. The Bertz CT molecular complexity index is 3710. The summed E-state index contributed by atoms with van der Waals surface area (Å²) < 4.78 is 7.36. The first kappa shape index (κ1) is 40.2. The van der Waals surface area contributed by atoms with Crippen molar-refractivity contribution < 1.29 is 0 Å². The van der Waals surface area contributed by atoms with Crippen LogP contribution in [0.3, 0.4) is 0 Å². The molecule has 0 atom stereocenters. The molecule has 0 saturated carbocycles.